The molecule has 28 unspecified atom stereocenters. The highest BCUT2D eigenvalue weighted by atomic mass is 16.8. The minimum atomic E-state index is -2.18. The lowest BCUT2D eigenvalue weighted by Gasteiger charge is -2.75. The molecule has 12 N–H and O–H groups in total. The average molecular weight is 1090 g/mol. The number of carbonyl (C=O) groups is 3. The highest BCUT2D eigenvalue weighted by molar-refractivity contribution is 5.73. The molecular weight excluding hydrogens is 1010 g/mol. The third-order valence-electron chi connectivity index (χ3n) is 21.3. The van der Waals surface area contributed by atoms with E-state index in [0.717, 1.165) is 0 Å². The Bertz CT molecular complexity index is 2180. The maximum Gasteiger partial charge on any atom is 0.335 e. The van der Waals surface area contributed by atoms with Crippen LogP contribution in [-0.4, -0.2) is 221 Å². The van der Waals surface area contributed by atoms with E-state index in [4.69, 9.17) is 42.6 Å². The smallest absolute Gasteiger partial charge is 0.335 e. The molecule has 5 aliphatic carbocycles. The van der Waals surface area contributed by atoms with Crippen molar-refractivity contribution in [3.8, 4) is 0 Å². The fourth-order valence-corrected chi connectivity index (χ4v) is 17.4. The molecule has 434 valence electrons. The van der Waals surface area contributed by atoms with Crippen molar-refractivity contribution < 1.29 is 118 Å². The van der Waals surface area contributed by atoms with Gasteiger partial charge < -0.3 is 104 Å². The lowest BCUT2D eigenvalue weighted by atomic mass is 9.30. The van der Waals surface area contributed by atoms with Crippen molar-refractivity contribution in [3.63, 3.8) is 0 Å². The third kappa shape index (κ3) is 8.39. The summed E-state index contributed by atoms with van der Waals surface area (Å²) in [6.07, 6.45) is -30.3. The molecule has 0 aromatic heterocycles. The summed E-state index contributed by atoms with van der Waals surface area (Å²) in [6.45, 7) is 15.4. The lowest BCUT2D eigenvalue weighted by molar-refractivity contribution is -0.396. The van der Waals surface area contributed by atoms with Crippen LogP contribution in [0.2, 0.25) is 0 Å². The van der Waals surface area contributed by atoms with Gasteiger partial charge in [-0.25, -0.2) is 4.79 Å². The number of carbonyl (C=O) groups excluding carboxylic acids is 2. The quantitative estimate of drug-likeness (QED) is 0.0812. The molecule has 24 nitrogen and oxygen atoms in total. The van der Waals surface area contributed by atoms with Crippen LogP contribution in [0.15, 0.2) is 0 Å². The zero-order valence-corrected chi connectivity index (χ0v) is 44.6. The number of ether oxygens (including phenoxy) is 9. The Labute approximate surface area is 440 Å². The van der Waals surface area contributed by atoms with Crippen molar-refractivity contribution >= 4 is 17.9 Å². The first-order chi connectivity index (χ1) is 35.3. The Morgan fingerprint density at radius 2 is 1.12 bits per heavy atom. The molecule has 5 saturated carbocycles. The molecule has 4 saturated heterocycles. The molecule has 0 amide bonds. The van der Waals surface area contributed by atoms with Gasteiger partial charge in [0.25, 0.3) is 0 Å². The van der Waals surface area contributed by atoms with Gasteiger partial charge in [-0.15, -0.1) is 0 Å². The number of carboxylic acids is 1. The Kier molecular flexibility index (Phi) is 15.4. The molecule has 2 bridgehead atoms. The maximum absolute atomic E-state index is 13.2. The van der Waals surface area contributed by atoms with Gasteiger partial charge in [0.05, 0.1) is 31.0 Å². The van der Waals surface area contributed by atoms with Crippen molar-refractivity contribution in [2.45, 2.75) is 242 Å². The summed E-state index contributed by atoms with van der Waals surface area (Å²) in [5, 5.41) is 131. The van der Waals surface area contributed by atoms with Gasteiger partial charge in [0.15, 0.2) is 31.3 Å². The number of hydrogen-bond acceptors (Lipinski definition) is 23. The van der Waals surface area contributed by atoms with Gasteiger partial charge in [-0.2, -0.15) is 0 Å². The number of hydrogen-bond donors (Lipinski definition) is 12. The van der Waals surface area contributed by atoms with Gasteiger partial charge in [0, 0.05) is 25.2 Å². The molecule has 0 radical (unpaired) electrons. The number of rotatable bonds is 11. The predicted molar refractivity (Wildman–Crippen MR) is 253 cm³/mol. The average Bonchev–Trinajstić information content (AvgIpc) is 3.60. The zero-order chi connectivity index (χ0) is 55.9. The second-order valence-corrected chi connectivity index (χ2v) is 25.7. The second-order valence-electron chi connectivity index (χ2n) is 25.7. The number of aliphatic carboxylic acids is 1. The summed E-state index contributed by atoms with van der Waals surface area (Å²) >= 11 is 0. The summed E-state index contributed by atoms with van der Waals surface area (Å²) in [4.78, 5) is 38.9. The summed E-state index contributed by atoms with van der Waals surface area (Å²) in [5.41, 5.74) is -5.81. The molecule has 24 heteroatoms. The molecule has 0 aromatic carbocycles. The fourth-order valence-electron chi connectivity index (χ4n) is 17.4. The van der Waals surface area contributed by atoms with Crippen molar-refractivity contribution in [3.05, 3.63) is 0 Å². The summed E-state index contributed by atoms with van der Waals surface area (Å²) in [7, 11) is 0. The lowest BCUT2D eigenvalue weighted by Crippen LogP contribution is -2.77. The summed E-state index contributed by atoms with van der Waals surface area (Å²) < 4.78 is 55.8. The van der Waals surface area contributed by atoms with Crippen LogP contribution in [0.3, 0.4) is 0 Å². The van der Waals surface area contributed by atoms with Crippen LogP contribution in [-0.2, 0) is 57.0 Å². The van der Waals surface area contributed by atoms with Gasteiger partial charge in [-0.1, -0.05) is 48.5 Å². The van der Waals surface area contributed by atoms with Gasteiger partial charge in [0.2, 0.25) is 0 Å². The van der Waals surface area contributed by atoms with E-state index in [9.17, 15) is 75.7 Å². The first-order valence-electron chi connectivity index (χ1n) is 26.9. The van der Waals surface area contributed by atoms with Crippen molar-refractivity contribution in [1.29, 1.82) is 0 Å². The number of aliphatic hydroxyl groups excluding tert-OH is 11. The van der Waals surface area contributed by atoms with E-state index in [1.54, 1.807) is 0 Å². The highest BCUT2D eigenvalue weighted by Gasteiger charge is 2.86. The van der Waals surface area contributed by atoms with Crippen LogP contribution in [0.4, 0.5) is 0 Å². The first kappa shape index (κ1) is 58.3. The van der Waals surface area contributed by atoms with E-state index in [1.165, 1.54) is 13.8 Å². The molecule has 4 heterocycles. The van der Waals surface area contributed by atoms with Crippen LogP contribution in [0.5, 0.6) is 0 Å². The normalized spacial score (nSPS) is 54.2. The Morgan fingerprint density at radius 1 is 0.566 bits per heavy atom. The zero-order valence-electron chi connectivity index (χ0n) is 44.6. The number of carboxylic acid groups (broad SMARTS) is 1. The van der Waals surface area contributed by atoms with E-state index >= 15 is 0 Å². The Hall–Kier alpha value is -2.31. The molecule has 76 heavy (non-hydrogen) atoms. The number of aliphatic hydroxyl groups is 11. The van der Waals surface area contributed by atoms with Crippen LogP contribution in [0, 0.1) is 50.2 Å². The molecule has 4 aliphatic heterocycles. The number of fused-ring (bicyclic) bond motifs is 4. The van der Waals surface area contributed by atoms with Gasteiger partial charge in [0.1, 0.15) is 84.8 Å². The molecule has 28 atom stereocenters. The van der Waals surface area contributed by atoms with E-state index in [2.05, 4.69) is 20.8 Å². The van der Waals surface area contributed by atoms with Crippen molar-refractivity contribution in [2.24, 2.45) is 50.2 Å². The van der Waals surface area contributed by atoms with E-state index in [-0.39, 0.29) is 18.3 Å². The van der Waals surface area contributed by atoms with E-state index in [1.807, 2.05) is 27.7 Å². The standard InChI is InChI=1S/C52H82O24/c1-20(55)68-28-17-50(9)49(8)14-10-24-47(5,6)27(12-13-48(24,7)25(49)11-15-51(50)26-16-46(3,4)39(64)40(69-21(2)56)52(26,28)45(67)76-51)72-44-38(75-43-34(62)32(60)30(58)23(19-54)71-43)36(35(63)37(74-44)41(65)66)73-42-33(61)31(59)29(57)22(18-53)70-42/h22-40,42-45,53-54,57-64,67H,10-19H2,1-9H3,(H,65,66). The van der Waals surface area contributed by atoms with Gasteiger partial charge in [-0.05, 0) is 84.9 Å². The SMILES string of the molecule is CC(=O)OC1CC2(C)C3(C)CCC4C(C)(C)C(OC5OC(C(=O)O)C(O)C(OC6OC(CO)C(O)C(O)C6O)C5OC5OC(CO)C(O)C(O)C5O)CCC4(C)C3CCC23OC(O)C12C(OC(C)=O)C(O)C(C)(C)CC23. The topological polar surface area (TPSA) is 377 Å². The van der Waals surface area contributed by atoms with E-state index < -0.39 is 198 Å². The van der Waals surface area contributed by atoms with Crippen LogP contribution in [0.1, 0.15) is 114 Å². The van der Waals surface area contributed by atoms with Crippen LogP contribution in [0.25, 0.3) is 0 Å². The van der Waals surface area contributed by atoms with Crippen molar-refractivity contribution in [2.75, 3.05) is 13.2 Å². The van der Waals surface area contributed by atoms with E-state index in [0.29, 0.717) is 44.9 Å². The maximum atomic E-state index is 13.2. The van der Waals surface area contributed by atoms with Crippen LogP contribution >= 0.6 is 0 Å². The Balaban J connectivity index is 1.05. The predicted octanol–water partition coefficient (Wildman–Crippen LogP) is -1.68. The third-order valence-corrected chi connectivity index (χ3v) is 21.3. The number of esters is 2. The van der Waals surface area contributed by atoms with Crippen LogP contribution < -0.4 is 0 Å². The Morgan fingerprint density at radius 3 is 1.66 bits per heavy atom. The molecule has 9 fully saturated rings. The molecule has 1 spiro atoms. The van der Waals surface area contributed by atoms with Gasteiger partial charge >= 0.3 is 17.9 Å². The molecule has 9 rings (SSSR count). The fraction of sp³-hybridized carbons (Fsp3) is 0.942. The highest BCUT2D eigenvalue weighted by Crippen LogP contribution is 2.82. The summed E-state index contributed by atoms with van der Waals surface area (Å²) in [6, 6.07) is 0. The largest absolute Gasteiger partial charge is 0.479 e. The minimum absolute atomic E-state index is 0.0102. The molecule has 9 aliphatic rings. The molecular formula is C52H82O24. The first-order valence-corrected chi connectivity index (χ1v) is 26.9. The second kappa shape index (κ2) is 20.0. The monoisotopic (exact) mass is 1090 g/mol. The summed E-state index contributed by atoms with van der Waals surface area (Å²) in [5.74, 6) is -3.56. The van der Waals surface area contributed by atoms with Crippen molar-refractivity contribution in [1.82, 2.24) is 0 Å². The molecule has 0 aromatic rings. The van der Waals surface area contributed by atoms with Gasteiger partial charge in [-0.3, -0.25) is 9.59 Å². The minimum Gasteiger partial charge on any atom is -0.479 e.